The van der Waals surface area contributed by atoms with Gasteiger partial charge in [-0.1, -0.05) is 30.3 Å². The van der Waals surface area contributed by atoms with Crippen LogP contribution >= 0.6 is 0 Å². The summed E-state index contributed by atoms with van der Waals surface area (Å²) >= 11 is -2.29. The Hall–Kier alpha value is -1.76. The molecule has 0 saturated heterocycles. The minimum atomic E-state index is -2.29. The molecular weight excluding hydrogens is 264 g/mol. The summed E-state index contributed by atoms with van der Waals surface area (Å²) in [5, 5.41) is 4.55. The summed E-state index contributed by atoms with van der Waals surface area (Å²) in [7, 11) is 0. The summed E-state index contributed by atoms with van der Waals surface area (Å²) in [4.78, 5) is 11.2. The van der Waals surface area contributed by atoms with Gasteiger partial charge in [-0.2, -0.15) is 0 Å². The van der Waals surface area contributed by atoms with Crippen LogP contribution in [0, 0.1) is 0 Å². The molecule has 0 aromatic heterocycles. The van der Waals surface area contributed by atoms with E-state index in [1.54, 1.807) is 12.1 Å². The molecule has 2 aromatic rings. The van der Waals surface area contributed by atoms with E-state index in [4.69, 9.17) is 0 Å². The largest absolute Gasteiger partial charge is 0.760 e. The van der Waals surface area contributed by atoms with Crippen molar-refractivity contribution in [2.24, 2.45) is 0 Å². The lowest BCUT2D eigenvalue weighted by Gasteiger charge is -2.13. The van der Waals surface area contributed by atoms with E-state index in [0.717, 1.165) is 22.0 Å². The van der Waals surface area contributed by atoms with Gasteiger partial charge in [0.15, 0.2) is 0 Å². The van der Waals surface area contributed by atoms with Crippen LogP contribution in [0.3, 0.4) is 0 Å². The van der Waals surface area contributed by atoms with Crippen molar-refractivity contribution in [3.05, 3.63) is 42.0 Å². The van der Waals surface area contributed by atoms with Gasteiger partial charge < -0.3 is 9.87 Å². The highest BCUT2D eigenvalue weighted by Crippen LogP contribution is 2.26. The van der Waals surface area contributed by atoms with E-state index in [9.17, 15) is 13.6 Å². The number of carbonyl (C=O) groups is 1. The van der Waals surface area contributed by atoms with Crippen molar-refractivity contribution in [1.82, 2.24) is 4.72 Å². The lowest BCUT2D eigenvalue weighted by molar-refractivity contribution is -0.114. The first-order chi connectivity index (χ1) is 9.08. The standard InChI is InChI=1S/C13H14N2O3S/c1-9(16)15-13-7-6-10(8-14-19(17)18)11-4-2-3-5-12(11)13/h2-7,14H,8H2,1H3,(H,15,16)(H,17,18)/p-1. The van der Waals surface area contributed by atoms with Gasteiger partial charge >= 0.3 is 0 Å². The average molecular weight is 277 g/mol. The summed E-state index contributed by atoms with van der Waals surface area (Å²) in [6.45, 7) is 1.67. The van der Waals surface area contributed by atoms with E-state index >= 15 is 0 Å². The van der Waals surface area contributed by atoms with Crippen LogP contribution in [0.15, 0.2) is 36.4 Å². The molecule has 100 valence electrons. The van der Waals surface area contributed by atoms with Crippen LogP contribution in [0.1, 0.15) is 12.5 Å². The second-order valence-corrected chi connectivity index (χ2v) is 4.81. The molecular formula is C13H13N2O3S-. The number of hydrogen-bond acceptors (Lipinski definition) is 3. The topological polar surface area (TPSA) is 81.3 Å². The van der Waals surface area contributed by atoms with Crippen molar-refractivity contribution in [2.75, 3.05) is 5.32 Å². The van der Waals surface area contributed by atoms with Crippen molar-refractivity contribution in [1.29, 1.82) is 0 Å². The third-order valence-electron chi connectivity index (χ3n) is 2.71. The Morgan fingerprint density at radius 3 is 2.53 bits per heavy atom. The van der Waals surface area contributed by atoms with Gasteiger partial charge in [-0.05, 0) is 17.0 Å². The number of amides is 1. The average Bonchev–Trinajstić information content (AvgIpc) is 2.37. The Morgan fingerprint density at radius 1 is 1.21 bits per heavy atom. The Kier molecular flexibility index (Phi) is 4.26. The number of carbonyl (C=O) groups excluding carboxylic acids is 1. The molecule has 5 nitrogen and oxygen atoms in total. The SMILES string of the molecule is CC(=O)Nc1ccc(CNS(=O)[O-])c2ccccc12. The number of nitrogens with one attached hydrogen (secondary N) is 2. The fourth-order valence-electron chi connectivity index (χ4n) is 1.95. The van der Waals surface area contributed by atoms with Crippen LogP contribution in [0.2, 0.25) is 0 Å². The van der Waals surface area contributed by atoms with Gasteiger partial charge in [-0.15, -0.1) is 0 Å². The molecule has 2 N–H and O–H groups in total. The molecule has 0 radical (unpaired) electrons. The van der Waals surface area contributed by atoms with E-state index in [1.165, 1.54) is 6.92 Å². The van der Waals surface area contributed by atoms with Crippen molar-refractivity contribution < 1.29 is 13.6 Å². The maximum absolute atomic E-state index is 11.2. The Labute approximate surface area is 113 Å². The first kappa shape index (κ1) is 13.7. The molecule has 1 unspecified atom stereocenters. The molecule has 2 rings (SSSR count). The fraction of sp³-hybridized carbons (Fsp3) is 0.154. The fourth-order valence-corrected chi connectivity index (χ4v) is 2.22. The van der Waals surface area contributed by atoms with Crippen molar-refractivity contribution >= 4 is 33.6 Å². The van der Waals surface area contributed by atoms with Gasteiger partial charge in [0.2, 0.25) is 5.91 Å². The predicted octanol–water partition coefficient (Wildman–Crippen LogP) is 1.68. The molecule has 1 amide bonds. The number of anilines is 1. The van der Waals surface area contributed by atoms with Gasteiger partial charge in [0, 0.05) is 35.8 Å². The molecule has 19 heavy (non-hydrogen) atoms. The van der Waals surface area contributed by atoms with Crippen molar-refractivity contribution in [3.63, 3.8) is 0 Å². The molecule has 6 heteroatoms. The lowest BCUT2D eigenvalue weighted by Crippen LogP contribution is -2.16. The number of hydrogen-bond donors (Lipinski definition) is 2. The number of fused-ring (bicyclic) bond motifs is 1. The van der Waals surface area contributed by atoms with E-state index in [0.29, 0.717) is 0 Å². The highest BCUT2D eigenvalue weighted by atomic mass is 32.2. The second-order valence-electron chi connectivity index (χ2n) is 4.05. The Bertz CT molecular complexity index is 643. The molecule has 0 bridgehead atoms. The van der Waals surface area contributed by atoms with E-state index in [-0.39, 0.29) is 12.5 Å². The van der Waals surface area contributed by atoms with E-state index < -0.39 is 11.3 Å². The molecule has 1 atom stereocenters. The smallest absolute Gasteiger partial charge is 0.221 e. The molecule has 0 heterocycles. The van der Waals surface area contributed by atoms with Gasteiger partial charge in [0.25, 0.3) is 0 Å². The quantitative estimate of drug-likeness (QED) is 0.834. The Morgan fingerprint density at radius 2 is 1.89 bits per heavy atom. The van der Waals surface area contributed by atoms with Crippen LogP contribution in [0.4, 0.5) is 5.69 Å². The highest BCUT2D eigenvalue weighted by molar-refractivity contribution is 7.77. The summed E-state index contributed by atoms with van der Waals surface area (Å²) in [6, 6.07) is 11.1. The first-order valence-corrected chi connectivity index (χ1v) is 6.76. The third kappa shape index (κ3) is 3.37. The lowest BCUT2D eigenvalue weighted by atomic mass is 10.0. The minimum absolute atomic E-state index is 0.142. The summed E-state index contributed by atoms with van der Waals surface area (Å²) in [6.07, 6.45) is 0. The number of rotatable bonds is 4. The molecule has 0 aliphatic rings. The van der Waals surface area contributed by atoms with Gasteiger partial charge in [-0.3, -0.25) is 9.00 Å². The zero-order valence-electron chi connectivity index (χ0n) is 10.3. The minimum Gasteiger partial charge on any atom is -0.760 e. The Balaban J connectivity index is 2.45. The van der Waals surface area contributed by atoms with Crippen LogP contribution in [0.25, 0.3) is 10.8 Å². The zero-order valence-corrected chi connectivity index (χ0v) is 11.1. The van der Waals surface area contributed by atoms with Crippen molar-refractivity contribution in [3.8, 4) is 0 Å². The van der Waals surface area contributed by atoms with Gasteiger partial charge in [0.05, 0.1) is 0 Å². The van der Waals surface area contributed by atoms with Crippen LogP contribution in [-0.4, -0.2) is 14.7 Å². The maximum Gasteiger partial charge on any atom is 0.221 e. The first-order valence-electron chi connectivity index (χ1n) is 5.69. The van der Waals surface area contributed by atoms with E-state index in [2.05, 4.69) is 10.0 Å². The van der Waals surface area contributed by atoms with Crippen LogP contribution < -0.4 is 10.0 Å². The summed E-state index contributed by atoms with van der Waals surface area (Å²) in [5.74, 6) is -0.142. The van der Waals surface area contributed by atoms with Crippen molar-refractivity contribution in [2.45, 2.75) is 13.5 Å². The highest BCUT2D eigenvalue weighted by Gasteiger charge is 2.06. The van der Waals surface area contributed by atoms with Gasteiger partial charge in [0.1, 0.15) is 0 Å². The second kappa shape index (κ2) is 5.92. The molecule has 2 aromatic carbocycles. The molecule has 0 spiro atoms. The molecule has 0 aliphatic heterocycles. The predicted molar refractivity (Wildman–Crippen MR) is 74.0 cm³/mol. The van der Waals surface area contributed by atoms with Crippen LogP contribution in [0.5, 0.6) is 0 Å². The number of benzene rings is 2. The van der Waals surface area contributed by atoms with E-state index in [1.807, 2.05) is 24.3 Å². The molecule has 0 aliphatic carbocycles. The zero-order chi connectivity index (χ0) is 13.8. The molecule has 0 saturated carbocycles. The third-order valence-corrected chi connectivity index (χ3v) is 3.09. The maximum atomic E-state index is 11.2. The monoisotopic (exact) mass is 277 g/mol. The normalized spacial score (nSPS) is 12.3. The summed E-state index contributed by atoms with van der Waals surface area (Å²) in [5.41, 5.74) is 1.57. The van der Waals surface area contributed by atoms with Gasteiger partial charge in [-0.25, -0.2) is 4.72 Å². The van der Waals surface area contributed by atoms with Crippen LogP contribution in [-0.2, 0) is 22.6 Å². The summed E-state index contributed by atoms with van der Waals surface area (Å²) < 4.78 is 23.4. The molecule has 0 fully saturated rings.